The summed E-state index contributed by atoms with van der Waals surface area (Å²) in [5, 5.41) is 0. The number of halogens is 3. The van der Waals surface area contributed by atoms with Crippen molar-refractivity contribution in [2.24, 2.45) is 5.73 Å². The van der Waals surface area contributed by atoms with Crippen molar-refractivity contribution in [1.82, 2.24) is 0 Å². The Morgan fingerprint density at radius 1 is 1.42 bits per heavy atom. The summed E-state index contributed by atoms with van der Waals surface area (Å²) in [5.41, 5.74) is 5.18. The number of rotatable bonds is 4. The highest BCUT2D eigenvalue weighted by Crippen LogP contribution is 2.23. The second-order valence-corrected chi connectivity index (χ2v) is 2.59. The molecule has 0 saturated heterocycles. The highest BCUT2D eigenvalue weighted by atomic mass is 19.4. The molecule has 0 aliphatic carbocycles. The zero-order chi connectivity index (χ0) is 9.78. The molecule has 0 radical (unpaired) electrons. The number of ether oxygens (including phenoxy) is 1. The fourth-order valence-corrected chi connectivity index (χ4v) is 0.684. The van der Waals surface area contributed by atoms with Crippen LogP contribution in [0.15, 0.2) is 0 Å². The van der Waals surface area contributed by atoms with Gasteiger partial charge in [-0.25, -0.2) is 0 Å². The van der Waals surface area contributed by atoms with Gasteiger partial charge in [0.05, 0.1) is 6.10 Å². The van der Waals surface area contributed by atoms with E-state index in [-0.39, 0.29) is 6.54 Å². The van der Waals surface area contributed by atoms with Crippen LogP contribution in [-0.2, 0) is 4.74 Å². The van der Waals surface area contributed by atoms with Crippen LogP contribution < -0.4 is 5.73 Å². The highest BCUT2D eigenvalue weighted by molar-refractivity contribution is 4.65. The van der Waals surface area contributed by atoms with Gasteiger partial charge in [-0.2, -0.15) is 13.2 Å². The molecule has 0 aromatic carbocycles. The summed E-state index contributed by atoms with van der Waals surface area (Å²) < 4.78 is 40.4. The Bertz CT molecular complexity index is 122. The van der Waals surface area contributed by atoms with E-state index < -0.39 is 18.4 Å². The van der Waals surface area contributed by atoms with Crippen molar-refractivity contribution >= 4 is 0 Å². The summed E-state index contributed by atoms with van der Waals surface area (Å²) in [7, 11) is 0. The van der Waals surface area contributed by atoms with Gasteiger partial charge in [0, 0.05) is 6.54 Å². The van der Waals surface area contributed by atoms with Crippen LogP contribution >= 0.6 is 0 Å². The lowest BCUT2D eigenvalue weighted by Crippen LogP contribution is -2.35. The largest absolute Gasteiger partial charge is 0.414 e. The van der Waals surface area contributed by atoms with Gasteiger partial charge in [0.25, 0.3) is 0 Å². The molecule has 0 bridgehead atoms. The van der Waals surface area contributed by atoms with Crippen molar-refractivity contribution in [3.8, 4) is 0 Å². The van der Waals surface area contributed by atoms with Crippen molar-refractivity contribution in [2.75, 3.05) is 6.54 Å². The first-order valence-electron chi connectivity index (χ1n) is 3.84. The fraction of sp³-hybridized carbons (Fsp3) is 1.00. The second kappa shape index (κ2) is 4.67. The minimum absolute atomic E-state index is 0.122. The maximum atomic E-state index is 11.9. The maximum absolute atomic E-state index is 11.9. The minimum Gasteiger partial charge on any atom is -0.365 e. The number of nitrogens with two attached hydrogens (primary N) is 1. The molecule has 0 heterocycles. The van der Waals surface area contributed by atoms with E-state index in [9.17, 15) is 13.2 Å². The Kier molecular flexibility index (Phi) is 4.55. The zero-order valence-electron chi connectivity index (χ0n) is 7.19. The predicted molar refractivity (Wildman–Crippen MR) is 39.7 cm³/mol. The van der Waals surface area contributed by atoms with E-state index in [4.69, 9.17) is 5.73 Å². The molecule has 0 saturated carbocycles. The summed E-state index contributed by atoms with van der Waals surface area (Å²) in [6, 6.07) is 0. The molecular formula is C7H14F3NO. The molecule has 0 amide bonds. The lowest BCUT2D eigenvalue weighted by molar-refractivity contribution is -0.225. The van der Waals surface area contributed by atoms with Crippen LogP contribution in [0, 0.1) is 0 Å². The van der Waals surface area contributed by atoms with Crippen molar-refractivity contribution < 1.29 is 17.9 Å². The van der Waals surface area contributed by atoms with Gasteiger partial charge in [-0.1, -0.05) is 6.92 Å². The first-order valence-corrected chi connectivity index (χ1v) is 3.84. The van der Waals surface area contributed by atoms with E-state index in [1.165, 1.54) is 0 Å². The monoisotopic (exact) mass is 185 g/mol. The number of alkyl halides is 3. The zero-order valence-corrected chi connectivity index (χ0v) is 7.19. The van der Waals surface area contributed by atoms with E-state index in [0.29, 0.717) is 6.42 Å². The Labute approximate surface area is 69.9 Å². The fourth-order valence-electron chi connectivity index (χ4n) is 0.684. The average Bonchev–Trinajstić information content (AvgIpc) is 1.97. The van der Waals surface area contributed by atoms with E-state index >= 15 is 0 Å². The number of hydrogen-bond acceptors (Lipinski definition) is 2. The van der Waals surface area contributed by atoms with E-state index in [1.807, 2.05) is 0 Å². The van der Waals surface area contributed by atoms with Gasteiger partial charge >= 0.3 is 6.18 Å². The molecule has 2 unspecified atom stereocenters. The molecule has 0 aliphatic rings. The quantitative estimate of drug-likeness (QED) is 0.723. The molecule has 2 atom stereocenters. The summed E-state index contributed by atoms with van der Waals surface area (Å²) >= 11 is 0. The third-order valence-corrected chi connectivity index (χ3v) is 1.58. The molecule has 0 spiro atoms. The molecule has 2 nitrogen and oxygen atoms in total. The smallest absolute Gasteiger partial charge is 0.365 e. The minimum atomic E-state index is -4.29. The molecule has 0 fully saturated rings. The van der Waals surface area contributed by atoms with Gasteiger partial charge in [-0.05, 0) is 13.3 Å². The molecule has 74 valence electrons. The topological polar surface area (TPSA) is 35.2 Å². The molecule has 12 heavy (non-hydrogen) atoms. The van der Waals surface area contributed by atoms with E-state index in [1.54, 1.807) is 6.92 Å². The molecule has 0 aromatic rings. The Morgan fingerprint density at radius 2 is 1.92 bits per heavy atom. The normalized spacial score (nSPS) is 17.5. The van der Waals surface area contributed by atoms with Gasteiger partial charge in [0.2, 0.25) is 0 Å². The van der Waals surface area contributed by atoms with Crippen LogP contribution in [0.4, 0.5) is 13.2 Å². The third-order valence-electron chi connectivity index (χ3n) is 1.58. The Hall–Kier alpha value is -0.290. The van der Waals surface area contributed by atoms with Crippen LogP contribution in [0.5, 0.6) is 0 Å². The molecule has 2 N–H and O–H groups in total. The van der Waals surface area contributed by atoms with Crippen molar-refractivity contribution in [2.45, 2.75) is 38.7 Å². The summed E-state index contributed by atoms with van der Waals surface area (Å²) in [4.78, 5) is 0. The molecular weight excluding hydrogens is 171 g/mol. The standard InChI is InChI=1S/C7H14F3NO/c1-3-6(4-11)12-5(2)7(8,9)10/h5-6H,3-4,11H2,1-2H3. The van der Waals surface area contributed by atoms with Crippen LogP contribution in [0.3, 0.4) is 0 Å². The number of hydrogen-bond donors (Lipinski definition) is 1. The Balaban J connectivity index is 3.90. The maximum Gasteiger partial charge on any atom is 0.414 e. The van der Waals surface area contributed by atoms with Gasteiger partial charge in [-0.15, -0.1) is 0 Å². The first kappa shape index (κ1) is 11.7. The highest BCUT2D eigenvalue weighted by Gasteiger charge is 2.37. The van der Waals surface area contributed by atoms with Gasteiger partial charge in [-0.3, -0.25) is 0 Å². The van der Waals surface area contributed by atoms with Crippen molar-refractivity contribution in [1.29, 1.82) is 0 Å². The van der Waals surface area contributed by atoms with Crippen LogP contribution in [-0.4, -0.2) is 24.9 Å². The lowest BCUT2D eigenvalue weighted by Gasteiger charge is -2.21. The van der Waals surface area contributed by atoms with Crippen molar-refractivity contribution in [3.05, 3.63) is 0 Å². The third kappa shape index (κ3) is 3.92. The first-order chi connectivity index (χ1) is 5.41. The molecule has 5 heteroatoms. The molecule has 0 aromatic heterocycles. The van der Waals surface area contributed by atoms with Crippen LogP contribution in [0.1, 0.15) is 20.3 Å². The van der Waals surface area contributed by atoms with Crippen LogP contribution in [0.2, 0.25) is 0 Å². The average molecular weight is 185 g/mol. The summed E-state index contributed by atoms with van der Waals surface area (Å²) in [6.07, 6.45) is -6.02. The van der Waals surface area contributed by atoms with Gasteiger partial charge < -0.3 is 10.5 Å². The van der Waals surface area contributed by atoms with Gasteiger partial charge in [0.1, 0.15) is 0 Å². The predicted octanol–water partition coefficient (Wildman–Crippen LogP) is 1.69. The molecule has 0 rings (SSSR count). The Morgan fingerprint density at radius 3 is 2.17 bits per heavy atom. The second-order valence-electron chi connectivity index (χ2n) is 2.59. The van der Waals surface area contributed by atoms with E-state index in [2.05, 4.69) is 4.74 Å². The SMILES string of the molecule is CCC(CN)OC(C)C(F)(F)F. The van der Waals surface area contributed by atoms with Crippen LogP contribution in [0.25, 0.3) is 0 Å². The van der Waals surface area contributed by atoms with Gasteiger partial charge in [0.15, 0.2) is 6.10 Å². The summed E-state index contributed by atoms with van der Waals surface area (Å²) in [5.74, 6) is 0. The van der Waals surface area contributed by atoms with E-state index in [0.717, 1.165) is 6.92 Å². The lowest BCUT2D eigenvalue weighted by atomic mass is 10.2. The molecule has 0 aliphatic heterocycles. The summed E-state index contributed by atoms with van der Waals surface area (Å²) in [6.45, 7) is 2.84. The van der Waals surface area contributed by atoms with Crippen molar-refractivity contribution in [3.63, 3.8) is 0 Å².